The van der Waals surface area contributed by atoms with Crippen LogP contribution in [0.25, 0.3) is 55.2 Å². The van der Waals surface area contributed by atoms with Gasteiger partial charge in [0.25, 0.3) is 0 Å². The van der Waals surface area contributed by atoms with E-state index in [2.05, 4.69) is 59.1 Å². The van der Waals surface area contributed by atoms with Crippen LogP contribution in [-0.2, 0) is 7.05 Å². The molecule has 0 radical (unpaired) electrons. The van der Waals surface area contributed by atoms with Crippen molar-refractivity contribution in [3.05, 3.63) is 96.3 Å². The highest BCUT2D eigenvalue weighted by molar-refractivity contribution is 6.23. The minimum absolute atomic E-state index is 0.0308. The van der Waals surface area contributed by atoms with Crippen molar-refractivity contribution in [1.29, 1.82) is 0 Å². The first-order valence-corrected chi connectivity index (χ1v) is 10.6. The topological polar surface area (TPSA) is 29.9 Å². The van der Waals surface area contributed by atoms with E-state index < -0.39 is 6.85 Å². The van der Waals surface area contributed by atoms with E-state index in [1.54, 1.807) is 6.07 Å². The summed E-state index contributed by atoms with van der Waals surface area (Å²) < 4.78 is 31.8. The lowest BCUT2D eigenvalue weighted by molar-refractivity contribution is -0.660. The first-order valence-electron chi connectivity index (χ1n) is 12.1. The first-order chi connectivity index (χ1) is 16.8. The van der Waals surface area contributed by atoms with Crippen LogP contribution in [0.2, 0.25) is 0 Å². The predicted molar refractivity (Wildman–Crippen MR) is 131 cm³/mol. The highest BCUT2D eigenvalue weighted by atomic mass is 16.3. The summed E-state index contributed by atoms with van der Waals surface area (Å²) in [4.78, 5) is 4.41. The summed E-state index contributed by atoms with van der Waals surface area (Å²) in [5, 5.41) is 3.95. The van der Waals surface area contributed by atoms with Gasteiger partial charge in [-0.1, -0.05) is 54.6 Å². The predicted octanol–water partition coefficient (Wildman–Crippen LogP) is 6.91. The highest BCUT2D eigenvalue weighted by Gasteiger charge is 2.24. The normalized spacial score (nSPS) is 13.4. The number of fused-ring (bicyclic) bond motifs is 5. The van der Waals surface area contributed by atoms with Crippen molar-refractivity contribution in [2.75, 3.05) is 0 Å². The van der Waals surface area contributed by atoms with Crippen LogP contribution >= 0.6 is 0 Å². The highest BCUT2D eigenvalue weighted by Crippen LogP contribution is 2.42. The molecule has 6 aromatic rings. The fraction of sp³-hybridized carbons (Fsp3) is 0.103. The van der Waals surface area contributed by atoms with Gasteiger partial charge < -0.3 is 4.42 Å². The quantitative estimate of drug-likeness (QED) is 0.286. The molecule has 32 heavy (non-hydrogen) atoms. The van der Waals surface area contributed by atoms with Crippen molar-refractivity contribution in [2.24, 2.45) is 7.05 Å². The molecule has 0 aliphatic carbocycles. The number of aromatic nitrogens is 2. The Morgan fingerprint density at radius 3 is 2.44 bits per heavy atom. The zero-order valence-electron chi connectivity index (χ0n) is 20.9. The van der Waals surface area contributed by atoms with E-state index in [1.165, 1.54) is 0 Å². The molecule has 0 aliphatic heterocycles. The van der Waals surface area contributed by atoms with E-state index in [-0.39, 0.29) is 5.69 Å². The molecule has 3 heterocycles. The maximum Gasteiger partial charge on any atom is 0.227 e. The molecule has 3 heteroatoms. The summed E-state index contributed by atoms with van der Waals surface area (Å²) in [6.07, 6.45) is 2.06. The van der Waals surface area contributed by atoms with Crippen molar-refractivity contribution in [3.8, 4) is 22.4 Å². The van der Waals surface area contributed by atoms with E-state index in [4.69, 9.17) is 8.53 Å². The first kappa shape index (κ1) is 15.8. The molecule has 6 rings (SSSR count). The second kappa shape index (κ2) is 7.03. The van der Waals surface area contributed by atoms with E-state index in [9.17, 15) is 0 Å². The average molecular weight is 419 g/mol. The standard InChI is InChI=1S/C29H23N2O/c1-18-13-14-24-27-23-12-8-7-11-22(23)19(2)26(28(27)32-29(24)30-18)25-17-21(15-16-31(25)3)20-9-5-4-6-10-20/h4-17H,1-3H3/q+1/i1D3. The van der Waals surface area contributed by atoms with Gasteiger partial charge in [-0.2, -0.15) is 0 Å². The molecular formula is C29H23N2O+. The number of rotatable bonds is 2. The third-order valence-corrected chi connectivity index (χ3v) is 6.27. The summed E-state index contributed by atoms with van der Waals surface area (Å²) in [6, 6.07) is 26.2. The molecule has 0 N–H and O–H groups in total. The zero-order valence-corrected chi connectivity index (χ0v) is 17.9. The Kier molecular flexibility index (Phi) is 3.46. The van der Waals surface area contributed by atoms with Gasteiger partial charge in [-0.25, -0.2) is 9.55 Å². The lowest BCUT2D eigenvalue weighted by Gasteiger charge is -2.11. The largest absolute Gasteiger partial charge is 0.437 e. The van der Waals surface area contributed by atoms with Crippen LogP contribution in [0.5, 0.6) is 0 Å². The van der Waals surface area contributed by atoms with Crippen LogP contribution in [0.4, 0.5) is 0 Å². The molecule has 0 bridgehead atoms. The summed E-state index contributed by atoms with van der Waals surface area (Å²) in [7, 11) is 2.03. The Morgan fingerprint density at radius 1 is 0.844 bits per heavy atom. The van der Waals surface area contributed by atoms with Gasteiger partial charge in [0.1, 0.15) is 7.05 Å². The smallest absolute Gasteiger partial charge is 0.227 e. The molecule has 3 aromatic carbocycles. The van der Waals surface area contributed by atoms with Crippen molar-refractivity contribution in [2.45, 2.75) is 13.8 Å². The third kappa shape index (κ3) is 2.75. The molecule has 0 saturated carbocycles. The fourth-order valence-electron chi connectivity index (χ4n) is 4.69. The van der Waals surface area contributed by atoms with Crippen molar-refractivity contribution in [1.82, 2.24) is 4.98 Å². The number of benzene rings is 3. The molecule has 0 spiro atoms. The van der Waals surface area contributed by atoms with Gasteiger partial charge in [0, 0.05) is 32.7 Å². The number of pyridine rings is 2. The Balaban J connectivity index is 1.74. The van der Waals surface area contributed by atoms with E-state index in [1.807, 2.05) is 43.4 Å². The van der Waals surface area contributed by atoms with E-state index >= 15 is 0 Å². The fourth-order valence-corrected chi connectivity index (χ4v) is 4.69. The number of hydrogen-bond donors (Lipinski definition) is 0. The van der Waals surface area contributed by atoms with Gasteiger partial charge in [-0.15, -0.1) is 0 Å². The van der Waals surface area contributed by atoms with E-state index in [0.29, 0.717) is 11.3 Å². The molecule has 0 fully saturated rings. The summed E-state index contributed by atoms with van der Waals surface area (Å²) >= 11 is 0. The minimum atomic E-state index is -2.30. The molecule has 0 amide bonds. The zero-order chi connectivity index (χ0) is 24.3. The van der Waals surface area contributed by atoms with Crippen molar-refractivity contribution in [3.63, 3.8) is 0 Å². The molecule has 0 saturated heterocycles. The van der Waals surface area contributed by atoms with Crippen LogP contribution in [0, 0.1) is 13.8 Å². The summed E-state index contributed by atoms with van der Waals surface area (Å²) in [5.74, 6) is 0. The maximum absolute atomic E-state index is 7.78. The van der Waals surface area contributed by atoms with Gasteiger partial charge in [0.2, 0.25) is 11.4 Å². The van der Waals surface area contributed by atoms with Gasteiger partial charge in [-0.3, -0.25) is 0 Å². The van der Waals surface area contributed by atoms with Gasteiger partial charge in [0.05, 0.1) is 5.56 Å². The molecule has 0 unspecified atom stereocenters. The lowest BCUT2D eigenvalue weighted by atomic mass is 9.92. The molecule has 0 atom stereocenters. The Bertz CT molecular complexity index is 1750. The van der Waals surface area contributed by atoms with Gasteiger partial charge in [0.15, 0.2) is 11.8 Å². The molecular weight excluding hydrogens is 392 g/mol. The Hall–Kier alpha value is -3.98. The summed E-state index contributed by atoms with van der Waals surface area (Å²) in [5.41, 5.74) is 6.42. The number of furan rings is 1. The molecule has 3 nitrogen and oxygen atoms in total. The Labute approximate surface area is 190 Å². The lowest BCUT2D eigenvalue weighted by Crippen LogP contribution is -2.30. The third-order valence-electron chi connectivity index (χ3n) is 6.27. The Morgan fingerprint density at radius 2 is 1.62 bits per heavy atom. The van der Waals surface area contributed by atoms with Crippen LogP contribution in [-0.4, -0.2) is 4.98 Å². The molecule has 0 aliphatic rings. The van der Waals surface area contributed by atoms with Crippen molar-refractivity contribution < 1.29 is 13.1 Å². The van der Waals surface area contributed by atoms with Crippen LogP contribution in [0.1, 0.15) is 15.4 Å². The van der Waals surface area contributed by atoms with Crippen LogP contribution in [0.15, 0.2) is 89.5 Å². The van der Waals surface area contributed by atoms with E-state index in [0.717, 1.165) is 49.5 Å². The number of hydrogen-bond acceptors (Lipinski definition) is 2. The van der Waals surface area contributed by atoms with Gasteiger partial charge in [-0.05, 0) is 53.4 Å². The molecule has 154 valence electrons. The van der Waals surface area contributed by atoms with Crippen LogP contribution < -0.4 is 4.57 Å². The number of aryl methyl sites for hydroxylation is 3. The summed E-state index contributed by atoms with van der Waals surface area (Å²) in [6.45, 7) is -0.189. The molecule has 3 aromatic heterocycles. The van der Waals surface area contributed by atoms with Gasteiger partial charge >= 0.3 is 0 Å². The monoisotopic (exact) mass is 418 g/mol. The maximum atomic E-state index is 7.78. The minimum Gasteiger partial charge on any atom is -0.437 e. The second-order valence-electron chi connectivity index (χ2n) is 8.18. The average Bonchev–Trinajstić information content (AvgIpc) is 3.24. The number of nitrogens with zero attached hydrogens (tertiary/aromatic N) is 2. The SMILES string of the molecule is [2H]C([2H])([2H])c1ccc2c(n1)oc1c(-c3cc(-c4ccccc4)cc[n+]3C)c(C)c3ccccc3c12. The van der Waals surface area contributed by atoms with Crippen LogP contribution in [0.3, 0.4) is 0 Å². The van der Waals surface area contributed by atoms with Crippen molar-refractivity contribution >= 4 is 32.8 Å². The second-order valence-corrected chi connectivity index (χ2v) is 8.18.